The molecule has 3 atom stereocenters. The van der Waals surface area contributed by atoms with Gasteiger partial charge in [0, 0.05) is 12.1 Å². The molecule has 1 fully saturated rings. The van der Waals surface area contributed by atoms with Gasteiger partial charge < -0.3 is 15.3 Å². The standard InChI is InChI=1S/C16H32N2O2/c1-6-17-16(15(19)20)9-7-8-14(11-16)18(5)13(4)10-12(2)3/h12-14,17H,6-11H2,1-5H3,(H,19,20). The molecule has 0 saturated heterocycles. The van der Waals surface area contributed by atoms with Gasteiger partial charge in [0.1, 0.15) is 5.54 Å². The van der Waals surface area contributed by atoms with Crippen molar-refractivity contribution in [1.29, 1.82) is 0 Å². The lowest BCUT2D eigenvalue weighted by Crippen LogP contribution is -2.58. The number of aliphatic carboxylic acids is 1. The van der Waals surface area contributed by atoms with E-state index in [0.29, 0.717) is 24.5 Å². The Bertz CT molecular complexity index is 316. The molecule has 0 aromatic heterocycles. The molecular weight excluding hydrogens is 252 g/mol. The van der Waals surface area contributed by atoms with Crippen LogP contribution in [0.1, 0.15) is 59.8 Å². The van der Waals surface area contributed by atoms with Crippen LogP contribution in [0, 0.1) is 5.92 Å². The number of carbonyl (C=O) groups is 1. The summed E-state index contributed by atoms with van der Waals surface area (Å²) < 4.78 is 0. The quantitative estimate of drug-likeness (QED) is 0.755. The minimum atomic E-state index is -0.719. The van der Waals surface area contributed by atoms with Crippen molar-refractivity contribution in [3.63, 3.8) is 0 Å². The van der Waals surface area contributed by atoms with Crippen LogP contribution in [0.5, 0.6) is 0 Å². The van der Waals surface area contributed by atoms with Gasteiger partial charge in [-0.3, -0.25) is 4.79 Å². The Morgan fingerprint density at radius 1 is 1.45 bits per heavy atom. The summed E-state index contributed by atoms with van der Waals surface area (Å²) >= 11 is 0. The lowest BCUT2D eigenvalue weighted by atomic mass is 9.78. The van der Waals surface area contributed by atoms with Crippen LogP contribution in [0.4, 0.5) is 0 Å². The number of nitrogens with zero attached hydrogens (tertiary/aromatic N) is 1. The van der Waals surface area contributed by atoms with Crippen LogP contribution in [0.2, 0.25) is 0 Å². The fourth-order valence-corrected chi connectivity index (χ4v) is 3.57. The molecule has 0 spiro atoms. The smallest absolute Gasteiger partial charge is 0.323 e. The molecule has 0 bridgehead atoms. The molecule has 0 aromatic carbocycles. The van der Waals surface area contributed by atoms with Gasteiger partial charge in [-0.1, -0.05) is 20.8 Å². The monoisotopic (exact) mass is 284 g/mol. The van der Waals surface area contributed by atoms with Crippen molar-refractivity contribution < 1.29 is 9.90 Å². The van der Waals surface area contributed by atoms with Crippen molar-refractivity contribution >= 4 is 5.97 Å². The molecular formula is C16H32N2O2. The third-order valence-electron chi connectivity index (χ3n) is 4.73. The van der Waals surface area contributed by atoms with Crippen molar-refractivity contribution in [3.8, 4) is 0 Å². The zero-order chi connectivity index (χ0) is 15.3. The van der Waals surface area contributed by atoms with Crippen LogP contribution in [-0.2, 0) is 4.79 Å². The second-order valence-electron chi connectivity index (χ2n) is 6.81. The molecule has 1 aliphatic rings. The predicted molar refractivity (Wildman–Crippen MR) is 83.0 cm³/mol. The fraction of sp³-hybridized carbons (Fsp3) is 0.938. The normalized spacial score (nSPS) is 28.9. The van der Waals surface area contributed by atoms with E-state index in [1.807, 2.05) is 6.92 Å². The first-order valence-corrected chi connectivity index (χ1v) is 8.02. The van der Waals surface area contributed by atoms with Gasteiger partial charge in [0.15, 0.2) is 0 Å². The number of hydrogen-bond donors (Lipinski definition) is 2. The third kappa shape index (κ3) is 4.19. The number of carboxylic acids is 1. The SMILES string of the molecule is CCNC1(C(=O)O)CCCC(N(C)C(C)CC(C)C)C1. The minimum absolute atomic E-state index is 0.368. The van der Waals surface area contributed by atoms with Gasteiger partial charge in [-0.15, -0.1) is 0 Å². The van der Waals surface area contributed by atoms with Gasteiger partial charge in [0.05, 0.1) is 0 Å². The van der Waals surface area contributed by atoms with Crippen LogP contribution < -0.4 is 5.32 Å². The fourth-order valence-electron chi connectivity index (χ4n) is 3.57. The summed E-state index contributed by atoms with van der Waals surface area (Å²) in [7, 11) is 2.15. The molecule has 118 valence electrons. The Hall–Kier alpha value is -0.610. The summed E-state index contributed by atoms with van der Waals surface area (Å²) in [5.41, 5.74) is -0.719. The molecule has 1 aliphatic carbocycles. The van der Waals surface area contributed by atoms with E-state index in [1.54, 1.807) is 0 Å². The number of carboxylic acid groups (broad SMARTS) is 1. The van der Waals surface area contributed by atoms with Crippen LogP contribution in [0.15, 0.2) is 0 Å². The maximum absolute atomic E-state index is 11.7. The molecule has 0 aromatic rings. The summed E-state index contributed by atoms with van der Waals surface area (Å²) in [5, 5.41) is 12.9. The van der Waals surface area contributed by atoms with E-state index in [4.69, 9.17) is 0 Å². The number of rotatable bonds is 7. The Kier molecular flexibility index (Phi) is 6.46. The summed E-state index contributed by atoms with van der Waals surface area (Å²) in [6, 6.07) is 0.874. The summed E-state index contributed by atoms with van der Waals surface area (Å²) in [4.78, 5) is 14.1. The molecule has 4 heteroatoms. The van der Waals surface area contributed by atoms with Gasteiger partial charge in [-0.2, -0.15) is 0 Å². The zero-order valence-electron chi connectivity index (χ0n) is 13.8. The van der Waals surface area contributed by atoms with Gasteiger partial charge in [0.2, 0.25) is 0 Å². The first-order valence-electron chi connectivity index (χ1n) is 8.02. The molecule has 2 N–H and O–H groups in total. The van der Waals surface area contributed by atoms with Crippen molar-refractivity contribution in [1.82, 2.24) is 10.2 Å². The van der Waals surface area contributed by atoms with Gasteiger partial charge in [-0.05, 0) is 58.5 Å². The topological polar surface area (TPSA) is 52.6 Å². The van der Waals surface area contributed by atoms with Crippen molar-refractivity contribution in [2.45, 2.75) is 77.4 Å². The van der Waals surface area contributed by atoms with E-state index in [9.17, 15) is 9.90 Å². The maximum atomic E-state index is 11.7. The summed E-state index contributed by atoms with van der Waals surface area (Å²) in [6.45, 7) is 9.44. The van der Waals surface area contributed by atoms with E-state index >= 15 is 0 Å². The van der Waals surface area contributed by atoms with Crippen molar-refractivity contribution in [2.75, 3.05) is 13.6 Å². The van der Waals surface area contributed by atoms with Gasteiger partial charge in [-0.25, -0.2) is 0 Å². The molecule has 4 nitrogen and oxygen atoms in total. The lowest BCUT2D eigenvalue weighted by molar-refractivity contribution is -0.147. The first kappa shape index (κ1) is 17.4. The Balaban J connectivity index is 2.74. The number of nitrogens with one attached hydrogen (secondary N) is 1. The van der Waals surface area contributed by atoms with Crippen LogP contribution >= 0.6 is 0 Å². The Labute approximate surface area is 123 Å². The molecule has 0 heterocycles. The van der Waals surface area contributed by atoms with Crippen LogP contribution in [-0.4, -0.2) is 47.2 Å². The minimum Gasteiger partial charge on any atom is -0.480 e. The average Bonchev–Trinajstić information content (AvgIpc) is 2.37. The average molecular weight is 284 g/mol. The highest BCUT2D eigenvalue weighted by Gasteiger charge is 2.43. The molecule has 1 saturated carbocycles. The number of likely N-dealkylation sites (N-methyl/N-ethyl adjacent to an activating group) is 1. The highest BCUT2D eigenvalue weighted by Crippen LogP contribution is 2.32. The second-order valence-corrected chi connectivity index (χ2v) is 6.81. The van der Waals surface area contributed by atoms with Gasteiger partial charge >= 0.3 is 5.97 Å². The van der Waals surface area contributed by atoms with E-state index in [1.165, 1.54) is 0 Å². The van der Waals surface area contributed by atoms with E-state index < -0.39 is 11.5 Å². The lowest BCUT2D eigenvalue weighted by Gasteiger charge is -2.43. The maximum Gasteiger partial charge on any atom is 0.323 e. The number of hydrogen-bond acceptors (Lipinski definition) is 3. The van der Waals surface area contributed by atoms with Crippen LogP contribution in [0.3, 0.4) is 0 Å². The zero-order valence-corrected chi connectivity index (χ0v) is 13.8. The molecule has 0 amide bonds. The van der Waals surface area contributed by atoms with E-state index in [0.717, 1.165) is 32.1 Å². The largest absolute Gasteiger partial charge is 0.480 e. The predicted octanol–water partition coefficient (Wildman–Crippen LogP) is 2.73. The van der Waals surface area contributed by atoms with Gasteiger partial charge in [0.25, 0.3) is 0 Å². The molecule has 20 heavy (non-hydrogen) atoms. The molecule has 0 aliphatic heterocycles. The van der Waals surface area contributed by atoms with E-state index in [-0.39, 0.29) is 0 Å². The van der Waals surface area contributed by atoms with Crippen LogP contribution in [0.25, 0.3) is 0 Å². The molecule has 3 unspecified atom stereocenters. The van der Waals surface area contributed by atoms with E-state index in [2.05, 4.69) is 38.0 Å². The highest BCUT2D eigenvalue weighted by molar-refractivity contribution is 5.79. The van der Waals surface area contributed by atoms with Crippen molar-refractivity contribution in [2.24, 2.45) is 5.92 Å². The summed E-state index contributed by atoms with van der Waals surface area (Å²) in [6.07, 6.45) is 4.73. The second kappa shape index (κ2) is 7.41. The summed E-state index contributed by atoms with van der Waals surface area (Å²) in [5.74, 6) is -0.0111. The molecule has 1 rings (SSSR count). The Morgan fingerprint density at radius 2 is 2.10 bits per heavy atom. The Morgan fingerprint density at radius 3 is 2.60 bits per heavy atom. The highest BCUT2D eigenvalue weighted by atomic mass is 16.4. The van der Waals surface area contributed by atoms with Crippen molar-refractivity contribution in [3.05, 3.63) is 0 Å². The third-order valence-corrected chi connectivity index (χ3v) is 4.73. The first-order chi connectivity index (χ1) is 9.32. The molecule has 0 radical (unpaired) electrons.